The molecule has 0 fully saturated rings. The number of nitrogens with one attached hydrogen (secondary N) is 1. The summed E-state index contributed by atoms with van der Waals surface area (Å²) in [6, 6.07) is 9.85. The summed E-state index contributed by atoms with van der Waals surface area (Å²) in [7, 11) is 0. The number of esters is 1. The largest absolute Gasteiger partial charge is 0.466 e. The van der Waals surface area contributed by atoms with E-state index in [9.17, 15) is 9.59 Å². The van der Waals surface area contributed by atoms with Crippen LogP contribution in [0.3, 0.4) is 0 Å². The molecule has 0 atom stereocenters. The second-order valence-corrected chi connectivity index (χ2v) is 6.87. The number of benzene rings is 1. The highest BCUT2D eigenvalue weighted by atomic mass is 32.1. The summed E-state index contributed by atoms with van der Waals surface area (Å²) >= 11 is 5.43. The van der Waals surface area contributed by atoms with E-state index in [1.54, 1.807) is 6.92 Å². The van der Waals surface area contributed by atoms with Crippen molar-refractivity contribution in [3.05, 3.63) is 35.9 Å². The number of hydrogen-bond donors (Lipinski definition) is 1. The minimum Gasteiger partial charge on any atom is -0.466 e. The summed E-state index contributed by atoms with van der Waals surface area (Å²) in [5, 5.41) is 3.18. The second kappa shape index (κ2) is 14.2. The summed E-state index contributed by atoms with van der Waals surface area (Å²) in [5.74, 6) is -0.327. The Kier molecular flexibility index (Phi) is 12.1. The van der Waals surface area contributed by atoms with Gasteiger partial charge in [-0.05, 0) is 31.1 Å². The first kappa shape index (κ1) is 23.1. The topological polar surface area (TPSA) is 58.6 Å². The fourth-order valence-corrected chi connectivity index (χ4v) is 2.94. The van der Waals surface area contributed by atoms with Gasteiger partial charge in [-0.25, -0.2) is 0 Å². The van der Waals surface area contributed by atoms with Gasteiger partial charge in [0.15, 0.2) is 5.11 Å². The number of amides is 1. The average Bonchev–Trinajstić information content (AvgIpc) is 2.66. The molecule has 5 nitrogen and oxygen atoms in total. The standard InChI is InChI=1S/C21H32N2O3S/c1-3-5-6-7-11-14-19(24)22-21(27)23(16-15-20(25)26-4-2)17-18-12-9-8-10-13-18/h8-10,12-13H,3-7,11,14-17H2,1-2H3,(H,22,24,27). The molecule has 1 N–H and O–H groups in total. The van der Waals surface area contributed by atoms with Crippen LogP contribution >= 0.6 is 12.2 Å². The molecule has 0 aliphatic rings. The molecule has 0 spiro atoms. The minimum atomic E-state index is -0.263. The van der Waals surface area contributed by atoms with Gasteiger partial charge in [0.1, 0.15) is 0 Å². The molecule has 0 saturated carbocycles. The third-order valence-electron chi connectivity index (χ3n) is 4.15. The molecule has 0 radical (unpaired) electrons. The Balaban J connectivity index is 2.55. The average molecular weight is 393 g/mol. The third kappa shape index (κ3) is 10.7. The minimum absolute atomic E-state index is 0.0642. The first-order valence-electron chi connectivity index (χ1n) is 9.85. The molecule has 0 bridgehead atoms. The zero-order chi connectivity index (χ0) is 19.9. The number of rotatable bonds is 12. The van der Waals surface area contributed by atoms with E-state index in [0.29, 0.717) is 31.2 Å². The quantitative estimate of drug-likeness (QED) is 0.328. The van der Waals surface area contributed by atoms with Gasteiger partial charge in [-0.3, -0.25) is 9.59 Å². The van der Waals surface area contributed by atoms with Crippen molar-refractivity contribution in [2.75, 3.05) is 13.2 Å². The molecule has 0 aliphatic heterocycles. The lowest BCUT2D eigenvalue weighted by Gasteiger charge is -2.25. The number of thiocarbonyl (C=S) groups is 1. The predicted octanol–water partition coefficient (Wildman–Crippen LogP) is 4.20. The summed E-state index contributed by atoms with van der Waals surface area (Å²) in [5.41, 5.74) is 1.07. The fraction of sp³-hybridized carbons (Fsp3) is 0.571. The van der Waals surface area contributed by atoms with E-state index in [-0.39, 0.29) is 18.3 Å². The van der Waals surface area contributed by atoms with Gasteiger partial charge in [0.2, 0.25) is 5.91 Å². The zero-order valence-corrected chi connectivity index (χ0v) is 17.4. The second-order valence-electron chi connectivity index (χ2n) is 6.48. The Morgan fingerprint density at radius 1 is 1.04 bits per heavy atom. The normalized spacial score (nSPS) is 10.3. The number of hydrogen-bond acceptors (Lipinski definition) is 4. The highest BCUT2D eigenvalue weighted by Gasteiger charge is 2.15. The van der Waals surface area contributed by atoms with Crippen molar-refractivity contribution >= 4 is 29.2 Å². The zero-order valence-electron chi connectivity index (χ0n) is 16.5. The highest BCUT2D eigenvalue weighted by Crippen LogP contribution is 2.08. The van der Waals surface area contributed by atoms with Crippen LogP contribution in [0.15, 0.2) is 30.3 Å². The van der Waals surface area contributed by atoms with E-state index in [4.69, 9.17) is 17.0 Å². The third-order valence-corrected chi connectivity index (χ3v) is 4.51. The molecule has 0 heterocycles. The molecule has 0 aromatic heterocycles. The SMILES string of the molecule is CCCCCCCC(=O)NC(=S)N(CCC(=O)OCC)Cc1ccccc1. The fourth-order valence-electron chi connectivity index (χ4n) is 2.67. The molecule has 6 heteroatoms. The Labute approximate surface area is 168 Å². The van der Waals surface area contributed by atoms with Gasteiger partial charge >= 0.3 is 5.97 Å². The van der Waals surface area contributed by atoms with Gasteiger partial charge in [-0.1, -0.05) is 62.9 Å². The Morgan fingerprint density at radius 2 is 1.74 bits per heavy atom. The smallest absolute Gasteiger partial charge is 0.307 e. The van der Waals surface area contributed by atoms with Crippen LogP contribution in [-0.2, 0) is 20.9 Å². The Hall–Kier alpha value is -1.95. The Morgan fingerprint density at radius 3 is 2.41 bits per heavy atom. The highest BCUT2D eigenvalue weighted by molar-refractivity contribution is 7.80. The number of nitrogens with zero attached hydrogens (tertiary/aromatic N) is 1. The molecule has 27 heavy (non-hydrogen) atoms. The van der Waals surface area contributed by atoms with Crippen LogP contribution in [0.4, 0.5) is 0 Å². The van der Waals surface area contributed by atoms with Gasteiger partial charge in [-0.15, -0.1) is 0 Å². The molecule has 1 aromatic carbocycles. The van der Waals surface area contributed by atoms with Gasteiger partial charge in [0.05, 0.1) is 13.0 Å². The molecule has 1 amide bonds. The maximum absolute atomic E-state index is 12.2. The molecule has 0 saturated heterocycles. The van der Waals surface area contributed by atoms with Gasteiger partial charge in [0.25, 0.3) is 0 Å². The number of ether oxygens (including phenoxy) is 1. The lowest BCUT2D eigenvalue weighted by atomic mass is 10.1. The van der Waals surface area contributed by atoms with E-state index in [0.717, 1.165) is 24.8 Å². The predicted molar refractivity (Wildman–Crippen MR) is 112 cm³/mol. The summed E-state index contributed by atoms with van der Waals surface area (Å²) < 4.78 is 4.99. The Bertz CT molecular complexity index is 578. The van der Waals surface area contributed by atoms with Crippen LogP contribution in [0.25, 0.3) is 0 Å². The summed E-state index contributed by atoms with van der Waals surface area (Å²) in [4.78, 5) is 25.7. The maximum atomic E-state index is 12.2. The van der Waals surface area contributed by atoms with Crippen molar-refractivity contribution < 1.29 is 14.3 Å². The number of carbonyl (C=O) groups is 2. The van der Waals surface area contributed by atoms with Crippen LogP contribution in [-0.4, -0.2) is 35.0 Å². The molecule has 1 aromatic rings. The lowest BCUT2D eigenvalue weighted by molar-refractivity contribution is -0.143. The van der Waals surface area contributed by atoms with Crippen LogP contribution in [0, 0.1) is 0 Å². The van der Waals surface area contributed by atoms with Crippen LogP contribution < -0.4 is 5.32 Å². The van der Waals surface area contributed by atoms with Crippen molar-refractivity contribution in [3.8, 4) is 0 Å². The molecule has 0 aliphatic carbocycles. The monoisotopic (exact) mass is 392 g/mol. The molecular weight excluding hydrogens is 360 g/mol. The number of unbranched alkanes of at least 4 members (excludes halogenated alkanes) is 4. The molecular formula is C21H32N2O3S. The van der Waals surface area contributed by atoms with Crippen molar-refractivity contribution in [2.24, 2.45) is 0 Å². The van der Waals surface area contributed by atoms with E-state index < -0.39 is 0 Å². The maximum Gasteiger partial charge on any atom is 0.307 e. The molecule has 0 unspecified atom stereocenters. The first-order chi connectivity index (χ1) is 13.1. The summed E-state index contributed by atoms with van der Waals surface area (Å²) in [6.07, 6.45) is 6.19. The van der Waals surface area contributed by atoms with Crippen molar-refractivity contribution in [3.63, 3.8) is 0 Å². The first-order valence-corrected chi connectivity index (χ1v) is 10.3. The van der Waals surface area contributed by atoms with E-state index in [1.807, 2.05) is 35.2 Å². The van der Waals surface area contributed by atoms with E-state index in [2.05, 4.69) is 12.2 Å². The van der Waals surface area contributed by atoms with Crippen LogP contribution in [0.2, 0.25) is 0 Å². The number of carbonyl (C=O) groups excluding carboxylic acids is 2. The van der Waals surface area contributed by atoms with Crippen molar-refractivity contribution in [1.29, 1.82) is 0 Å². The van der Waals surface area contributed by atoms with Gasteiger partial charge in [0, 0.05) is 19.5 Å². The van der Waals surface area contributed by atoms with Gasteiger partial charge < -0.3 is 15.0 Å². The molecule has 150 valence electrons. The van der Waals surface area contributed by atoms with Gasteiger partial charge in [-0.2, -0.15) is 0 Å². The molecule has 1 rings (SSSR count). The van der Waals surface area contributed by atoms with Crippen molar-refractivity contribution in [1.82, 2.24) is 10.2 Å². The van der Waals surface area contributed by atoms with Crippen molar-refractivity contribution in [2.45, 2.75) is 65.3 Å². The van der Waals surface area contributed by atoms with E-state index >= 15 is 0 Å². The van der Waals surface area contributed by atoms with Crippen LogP contribution in [0.5, 0.6) is 0 Å². The van der Waals surface area contributed by atoms with Crippen LogP contribution in [0.1, 0.15) is 64.4 Å². The lowest BCUT2D eigenvalue weighted by Crippen LogP contribution is -2.43. The van der Waals surface area contributed by atoms with E-state index in [1.165, 1.54) is 12.8 Å². The summed E-state index contributed by atoms with van der Waals surface area (Å²) in [6.45, 7) is 5.25.